The highest BCUT2D eigenvalue weighted by Gasteiger charge is 2.19. The number of carbonyl (C=O) groups is 1. The van der Waals surface area contributed by atoms with Crippen LogP contribution >= 0.6 is 0 Å². The molecule has 1 saturated heterocycles. The van der Waals surface area contributed by atoms with Crippen LogP contribution in [-0.4, -0.2) is 72.7 Å². The lowest BCUT2D eigenvalue weighted by atomic mass is 10.0. The molecule has 1 heterocycles. The number of nitrogens with one attached hydrogen (secondary N) is 1. The summed E-state index contributed by atoms with van der Waals surface area (Å²) in [5.74, 6) is 0.0988. The largest absolute Gasteiger partial charge is 0.395 e. The van der Waals surface area contributed by atoms with Crippen molar-refractivity contribution < 1.29 is 9.90 Å². The third kappa shape index (κ3) is 5.94. The molecule has 0 saturated carbocycles. The maximum atomic E-state index is 12.2. The lowest BCUT2D eigenvalue weighted by Crippen LogP contribution is -2.50. The van der Waals surface area contributed by atoms with Crippen molar-refractivity contribution in [3.8, 4) is 0 Å². The number of aliphatic hydroxyl groups excluding tert-OH is 1. The highest BCUT2D eigenvalue weighted by molar-refractivity contribution is 5.78. The van der Waals surface area contributed by atoms with Gasteiger partial charge in [-0.15, -0.1) is 0 Å². The molecule has 5 nitrogen and oxygen atoms in total. The standard InChI is InChI=1S/C18H29N3O2/c1-15-5-3-4-6-17(15)13-16(2)19-18(23)14-21-9-7-20(8-10-21)11-12-22/h3-6,16,22H,7-14H2,1-2H3,(H,19,23)/t16-/m1/s1. The average Bonchev–Trinajstić information content (AvgIpc) is 2.51. The van der Waals surface area contributed by atoms with Gasteiger partial charge in [0.05, 0.1) is 13.2 Å². The van der Waals surface area contributed by atoms with Gasteiger partial charge in [-0.25, -0.2) is 0 Å². The van der Waals surface area contributed by atoms with E-state index in [1.807, 2.05) is 12.1 Å². The van der Waals surface area contributed by atoms with E-state index in [2.05, 4.69) is 41.1 Å². The molecule has 0 aromatic heterocycles. The van der Waals surface area contributed by atoms with Gasteiger partial charge in [0, 0.05) is 38.8 Å². The highest BCUT2D eigenvalue weighted by Crippen LogP contribution is 2.09. The normalized spacial score (nSPS) is 17.9. The number of aryl methyl sites for hydroxylation is 1. The molecule has 0 bridgehead atoms. The average molecular weight is 319 g/mol. The van der Waals surface area contributed by atoms with Gasteiger partial charge in [0.2, 0.25) is 5.91 Å². The number of benzene rings is 1. The Morgan fingerprint density at radius 3 is 2.52 bits per heavy atom. The maximum Gasteiger partial charge on any atom is 0.234 e. The van der Waals surface area contributed by atoms with Crippen LogP contribution in [0.3, 0.4) is 0 Å². The van der Waals surface area contributed by atoms with Crippen molar-refractivity contribution in [2.75, 3.05) is 45.9 Å². The smallest absolute Gasteiger partial charge is 0.234 e. The molecule has 0 aliphatic carbocycles. The van der Waals surface area contributed by atoms with Gasteiger partial charge in [-0.05, 0) is 31.4 Å². The predicted molar refractivity (Wildman–Crippen MR) is 92.5 cm³/mol. The first-order valence-electron chi connectivity index (χ1n) is 8.48. The Bertz CT molecular complexity index is 499. The van der Waals surface area contributed by atoms with Crippen LogP contribution in [0.4, 0.5) is 0 Å². The summed E-state index contributed by atoms with van der Waals surface area (Å²) in [4.78, 5) is 16.6. The summed E-state index contributed by atoms with van der Waals surface area (Å²) < 4.78 is 0. The van der Waals surface area contributed by atoms with Gasteiger partial charge in [0.1, 0.15) is 0 Å². The summed E-state index contributed by atoms with van der Waals surface area (Å²) in [6, 6.07) is 8.45. The quantitative estimate of drug-likeness (QED) is 0.775. The number of amides is 1. The van der Waals surface area contributed by atoms with E-state index >= 15 is 0 Å². The van der Waals surface area contributed by atoms with Gasteiger partial charge in [-0.2, -0.15) is 0 Å². The third-order valence-corrected chi connectivity index (χ3v) is 4.44. The summed E-state index contributed by atoms with van der Waals surface area (Å²) in [6.07, 6.45) is 0.864. The molecule has 23 heavy (non-hydrogen) atoms. The van der Waals surface area contributed by atoms with E-state index in [1.54, 1.807) is 0 Å². The van der Waals surface area contributed by atoms with E-state index in [0.29, 0.717) is 6.54 Å². The fourth-order valence-electron chi connectivity index (χ4n) is 3.06. The SMILES string of the molecule is Cc1ccccc1C[C@@H](C)NC(=O)CN1CCN(CCO)CC1. The second-order valence-corrected chi connectivity index (χ2v) is 6.44. The fraction of sp³-hybridized carbons (Fsp3) is 0.611. The Morgan fingerprint density at radius 2 is 1.87 bits per heavy atom. The molecule has 1 fully saturated rings. The monoisotopic (exact) mass is 319 g/mol. The molecule has 1 aliphatic heterocycles. The van der Waals surface area contributed by atoms with Gasteiger partial charge in [0.25, 0.3) is 0 Å². The molecular formula is C18H29N3O2. The van der Waals surface area contributed by atoms with E-state index in [1.165, 1.54) is 11.1 Å². The summed E-state index contributed by atoms with van der Waals surface area (Å²) in [7, 11) is 0. The van der Waals surface area contributed by atoms with Gasteiger partial charge in [-0.3, -0.25) is 14.6 Å². The number of hydrogen-bond donors (Lipinski definition) is 2. The molecule has 1 aromatic carbocycles. The predicted octanol–water partition coefficient (Wildman–Crippen LogP) is 0.652. The first kappa shape index (κ1) is 17.9. The number of nitrogens with zero attached hydrogens (tertiary/aromatic N) is 2. The molecule has 5 heteroatoms. The van der Waals surface area contributed by atoms with Crippen molar-refractivity contribution in [2.24, 2.45) is 0 Å². The number of rotatable bonds is 7. The van der Waals surface area contributed by atoms with Crippen LogP contribution in [0.25, 0.3) is 0 Å². The molecule has 1 amide bonds. The first-order chi connectivity index (χ1) is 11.1. The van der Waals surface area contributed by atoms with Gasteiger partial charge < -0.3 is 10.4 Å². The topological polar surface area (TPSA) is 55.8 Å². The molecule has 0 radical (unpaired) electrons. The lowest BCUT2D eigenvalue weighted by Gasteiger charge is -2.34. The van der Waals surface area contributed by atoms with Crippen LogP contribution in [0.2, 0.25) is 0 Å². The summed E-state index contributed by atoms with van der Waals surface area (Å²) in [5.41, 5.74) is 2.56. The van der Waals surface area contributed by atoms with Gasteiger partial charge >= 0.3 is 0 Å². The zero-order chi connectivity index (χ0) is 16.7. The van der Waals surface area contributed by atoms with E-state index < -0.39 is 0 Å². The minimum Gasteiger partial charge on any atom is -0.395 e. The number of β-amino-alcohol motifs (C(OH)–C–C–N with tert-alkyl or cyclic N) is 1. The zero-order valence-corrected chi connectivity index (χ0v) is 14.3. The minimum atomic E-state index is 0.0988. The summed E-state index contributed by atoms with van der Waals surface area (Å²) in [6.45, 7) is 9.19. The van der Waals surface area contributed by atoms with Crippen molar-refractivity contribution in [3.63, 3.8) is 0 Å². The van der Waals surface area contributed by atoms with Crippen LogP contribution in [0.1, 0.15) is 18.1 Å². The molecule has 128 valence electrons. The molecule has 1 aliphatic rings. The van der Waals surface area contributed by atoms with Crippen molar-refractivity contribution in [2.45, 2.75) is 26.3 Å². The van der Waals surface area contributed by atoms with Crippen molar-refractivity contribution in [3.05, 3.63) is 35.4 Å². The molecule has 1 atom stereocenters. The Hall–Kier alpha value is -1.43. The highest BCUT2D eigenvalue weighted by atomic mass is 16.3. The Kier molecular flexibility index (Phi) is 7.02. The van der Waals surface area contributed by atoms with Gasteiger partial charge in [0.15, 0.2) is 0 Å². The van der Waals surface area contributed by atoms with Crippen LogP contribution in [0.15, 0.2) is 24.3 Å². The zero-order valence-electron chi connectivity index (χ0n) is 14.3. The van der Waals surface area contributed by atoms with Crippen LogP contribution in [0.5, 0.6) is 0 Å². The van der Waals surface area contributed by atoms with E-state index in [0.717, 1.165) is 39.1 Å². The fourth-order valence-corrected chi connectivity index (χ4v) is 3.06. The summed E-state index contributed by atoms with van der Waals surface area (Å²) in [5, 5.41) is 12.1. The third-order valence-electron chi connectivity index (χ3n) is 4.44. The minimum absolute atomic E-state index is 0.0988. The molecule has 2 N–H and O–H groups in total. The van der Waals surface area contributed by atoms with E-state index in [9.17, 15) is 4.79 Å². The Balaban J connectivity index is 1.71. The summed E-state index contributed by atoms with van der Waals surface area (Å²) >= 11 is 0. The molecule has 2 rings (SSSR count). The Labute approximate surface area is 139 Å². The number of hydrogen-bond acceptors (Lipinski definition) is 4. The lowest BCUT2D eigenvalue weighted by molar-refractivity contribution is -0.123. The first-order valence-corrected chi connectivity index (χ1v) is 8.48. The van der Waals surface area contributed by atoms with Crippen molar-refractivity contribution in [1.29, 1.82) is 0 Å². The number of aliphatic hydroxyl groups is 1. The van der Waals surface area contributed by atoms with Crippen molar-refractivity contribution in [1.82, 2.24) is 15.1 Å². The molecule has 0 spiro atoms. The van der Waals surface area contributed by atoms with E-state index in [-0.39, 0.29) is 18.6 Å². The van der Waals surface area contributed by atoms with Gasteiger partial charge in [-0.1, -0.05) is 24.3 Å². The molecule has 1 aromatic rings. The van der Waals surface area contributed by atoms with Crippen LogP contribution in [-0.2, 0) is 11.2 Å². The Morgan fingerprint density at radius 1 is 1.22 bits per heavy atom. The van der Waals surface area contributed by atoms with Crippen LogP contribution < -0.4 is 5.32 Å². The number of carbonyl (C=O) groups excluding carboxylic acids is 1. The maximum absolute atomic E-state index is 12.2. The second kappa shape index (κ2) is 9.01. The second-order valence-electron chi connectivity index (χ2n) is 6.44. The van der Waals surface area contributed by atoms with Crippen molar-refractivity contribution >= 4 is 5.91 Å². The van der Waals surface area contributed by atoms with E-state index in [4.69, 9.17) is 5.11 Å². The molecule has 0 unspecified atom stereocenters. The number of piperazine rings is 1. The molecular weight excluding hydrogens is 290 g/mol. The van der Waals surface area contributed by atoms with Crippen LogP contribution in [0, 0.1) is 6.92 Å².